The van der Waals surface area contributed by atoms with Gasteiger partial charge in [-0.05, 0) is 32.0 Å². The maximum Gasteiger partial charge on any atom is 0.254 e. The summed E-state index contributed by atoms with van der Waals surface area (Å²) in [5.74, 6) is -0.567. The van der Waals surface area contributed by atoms with Crippen LogP contribution >= 0.6 is 12.4 Å². The molecule has 0 aliphatic heterocycles. The van der Waals surface area contributed by atoms with Crippen LogP contribution in [0, 0.1) is 12.7 Å². The molecule has 126 valence electrons. The van der Waals surface area contributed by atoms with Crippen molar-refractivity contribution >= 4 is 18.3 Å². The molecular formula is C16H22ClFN4O. The van der Waals surface area contributed by atoms with Crippen LogP contribution in [0.1, 0.15) is 29.4 Å². The molecule has 0 saturated heterocycles. The van der Waals surface area contributed by atoms with Crippen molar-refractivity contribution in [2.45, 2.75) is 20.3 Å². The lowest BCUT2D eigenvalue weighted by atomic mass is 10.2. The molecule has 5 nitrogen and oxygen atoms in total. The zero-order valence-corrected chi connectivity index (χ0v) is 14.1. The van der Waals surface area contributed by atoms with Gasteiger partial charge in [-0.15, -0.1) is 12.4 Å². The van der Waals surface area contributed by atoms with Crippen LogP contribution in [-0.2, 0) is 0 Å². The quantitative estimate of drug-likeness (QED) is 0.761. The van der Waals surface area contributed by atoms with E-state index in [9.17, 15) is 9.18 Å². The molecule has 0 fully saturated rings. The van der Waals surface area contributed by atoms with Crippen molar-refractivity contribution in [2.75, 3.05) is 19.6 Å². The molecule has 2 N–H and O–H groups in total. The highest BCUT2D eigenvalue weighted by Crippen LogP contribution is 2.16. The van der Waals surface area contributed by atoms with Crippen molar-refractivity contribution in [3.05, 3.63) is 47.5 Å². The van der Waals surface area contributed by atoms with E-state index in [1.807, 2.05) is 0 Å². The fourth-order valence-electron chi connectivity index (χ4n) is 2.16. The number of benzene rings is 1. The predicted octanol–water partition coefficient (Wildman–Crippen LogP) is 2.47. The van der Waals surface area contributed by atoms with E-state index >= 15 is 0 Å². The van der Waals surface area contributed by atoms with Gasteiger partial charge in [-0.25, -0.2) is 9.07 Å². The summed E-state index contributed by atoms with van der Waals surface area (Å²) in [5.41, 5.74) is 1.41. The lowest BCUT2D eigenvalue weighted by molar-refractivity contribution is 0.0953. The second-order valence-corrected chi connectivity index (χ2v) is 5.01. The van der Waals surface area contributed by atoms with Crippen LogP contribution in [0.15, 0.2) is 30.5 Å². The van der Waals surface area contributed by atoms with Gasteiger partial charge in [0.25, 0.3) is 5.91 Å². The third kappa shape index (κ3) is 4.77. The van der Waals surface area contributed by atoms with Crippen molar-refractivity contribution < 1.29 is 9.18 Å². The molecule has 1 amide bonds. The lowest BCUT2D eigenvalue weighted by Crippen LogP contribution is -2.32. The van der Waals surface area contributed by atoms with Gasteiger partial charge in [-0.1, -0.05) is 19.1 Å². The predicted molar refractivity (Wildman–Crippen MR) is 91.0 cm³/mol. The van der Waals surface area contributed by atoms with Gasteiger partial charge in [0.2, 0.25) is 0 Å². The first-order chi connectivity index (χ1) is 10.6. The summed E-state index contributed by atoms with van der Waals surface area (Å²) in [6.45, 7) is 6.04. The number of carbonyl (C=O) groups excluding carboxylic acids is 1. The van der Waals surface area contributed by atoms with Crippen LogP contribution in [0.5, 0.6) is 0 Å². The molecule has 1 aromatic heterocycles. The molecule has 0 saturated carbocycles. The molecule has 0 aliphatic rings. The number of amides is 1. The number of hydrogen-bond acceptors (Lipinski definition) is 3. The fraction of sp³-hybridized carbons (Fsp3) is 0.375. The van der Waals surface area contributed by atoms with Crippen LogP contribution in [-0.4, -0.2) is 35.3 Å². The van der Waals surface area contributed by atoms with Crippen LogP contribution < -0.4 is 10.6 Å². The van der Waals surface area contributed by atoms with Crippen molar-refractivity contribution in [1.29, 1.82) is 0 Å². The molecule has 0 atom stereocenters. The molecule has 7 heteroatoms. The Morgan fingerprint density at radius 2 is 2.00 bits per heavy atom. The smallest absolute Gasteiger partial charge is 0.254 e. The SMILES string of the molecule is CCCNCCNC(=O)c1cnn(-c2ccccc2F)c1C.Cl. The Bertz CT molecular complexity index is 645. The van der Waals surface area contributed by atoms with Crippen molar-refractivity contribution in [2.24, 2.45) is 0 Å². The molecule has 2 rings (SSSR count). The summed E-state index contributed by atoms with van der Waals surface area (Å²) in [7, 11) is 0. The number of para-hydroxylation sites is 1. The first-order valence-corrected chi connectivity index (χ1v) is 7.43. The van der Waals surface area contributed by atoms with Gasteiger partial charge >= 0.3 is 0 Å². The van der Waals surface area contributed by atoms with Gasteiger partial charge in [0, 0.05) is 13.1 Å². The number of nitrogens with one attached hydrogen (secondary N) is 2. The second-order valence-electron chi connectivity index (χ2n) is 5.01. The first-order valence-electron chi connectivity index (χ1n) is 7.43. The van der Waals surface area contributed by atoms with Gasteiger partial charge in [0.1, 0.15) is 11.5 Å². The minimum absolute atomic E-state index is 0. The topological polar surface area (TPSA) is 58.9 Å². The van der Waals surface area contributed by atoms with Gasteiger partial charge in [-0.2, -0.15) is 5.10 Å². The summed E-state index contributed by atoms with van der Waals surface area (Å²) in [6, 6.07) is 6.36. The molecule has 0 bridgehead atoms. The summed E-state index contributed by atoms with van der Waals surface area (Å²) in [4.78, 5) is 12.1. The number of carbonyl (C=O) groups is 1. The molecule has 0 spiro atoms. The van der Waals surface area contributed by atoms with E-state index in [4.69, 9.17) is 0 Å². The molecule has 2 aromatic rings. The lowest BCUT2D eigenvalue weighted by Gasteiger charge is -2.07. The van der Waals surface area contributed by atoms with E-state index in [1.165, 1.54) is 16.9 Å². The number of hydrogen-bond donors (Lipinski definition) is 2. The average Bonchev–Trinajstić information content (AvgIpc) is 2.89. The summed E-state index contributed by atoms with van der Waals surface area (Å²) < 4.78 is 15.3. The third-order valence-corrected chi connectivity index (χ3v) is 3.35. The molecule has 1 heterocycles. The summed E-state index contributed by atoms with van der Waals surface area (Å²) in [6.07, 6.45) is 2.53. The van der Waals surface area contributed by atoms with Crippen molar-refractivity contribution in [3.8, 4) is 5.69 Å². The van der Waals surface area contributed by atoms with Crippen molar-refractivity contribution in [3.63, 3.8) is 0 Å². The Morgan fingerprint density at radius 3 is 2.70 bits per heavy atom. The van der Waals surface area contributed by atoms with Crippen LogP contribution in [0.25, 0.3) is 5.69 Å². The van der Waals surface area contributed by atoms with E-state index in [0.717, 1.165) is 19.5 Å². The van der Waals surface area contributed by atoms with E-state index in [1.54, 1.807) is 25.1 Å². The molecule has 0 unspecified atom stereocenters. The molecular weight excluding hydrogens is 319 g/mol. The van der Waals surface area contributed by atoms with Gasteiger partial charge < -0.3 is 10.6 Å². The average molecular weight is 341 g/mol. The molecule has 0 radical (unpaired) electrons. The highest BCUT2D eigenvalue weighted by atomic mass is 35.5. The van der Waals surface area contributed by atoms with Gasteiger partial charge in [0.05, 0.1) is 17.5 Å². The zero-order valence-electron chi connectivity index (χ0n) is 13.3. The summed E-state index contributed by atoms with van der Waals surface area (Å²) >= 11 is 0. The standard InChI is InChI=1S/C16H21FN4O.ClH/c1-3-8-18-9-10-19-16(22)13-11-20-21(12(13)2)15-7-5-4-6-14(15)17;/h4-7,11,18H,3,8-10H2,1-2H3,(H,19,22);1H. The van der Waals surface area contributed by atoms with Crippen LogP contribution in [0.3, 0.4) is 0 Å². The highest BCUT2D eigenvalue weighted by molar-refractivity contribution is 5.95. The number of aromatic nitrogens is 2. The Hall–Kier alpha value is -1.92. The van der Waals surface area contributed by atoms with E-state index in [-0.39, 0.29) is 24.1 Å². The van der Waals surface area contributed by atoms with Crippen molar-refractivity contribution in [1.82, 2.24) is 20.4 Å². The van der Waals surface area contributed by atoms with E-state index < -0.39 is 0 Å². The largest absolute Gasteiger partial charge is 0.351 e. The second kappa shape index (κ2) is 9.27. The maximum absolute atomic E-state index is 13.8. The Balaban J connectivity index is 0.00000264. The Kier molecular flexibility index (Phi) is 7.71. The van der Waals surface area contributed by atoms with Crippen LogP contribution in [0.4, 0.5) is 4.39 Å². The maximum atomic E-state index is 13.8. The van der Waals surface area contributed by atoms with Crippen LogP contribution in [0.2, 0.25) is 0 Å². The highest BCUT2D eigenvalue weighted by Gasteiger charge is 2.16. The zero-order chi connectivity index (χ0) is 15.9. The third-order valence-electron chi connectivity index (χ3n) is 3.35. The monoisotopic (exact) mass is 340 g/mol. The molecule has 1 aromatic carbocycles. The normalized spacial score (nSPS) is 10.2. The number of nitrogens with zero attached hydrogens (tertiary/aromatic N) is 2. The minimum Gasteiger partial charge on any atom is -0.351 e. The van der Waals surface area contributed by atoms with Gasteiger partial charge in [0.15, 0.2) is 0 Å². The Morgan fingerprint density at radius 1 is 1.26 bits per heavy atom. The van der Waals surface area contributed by atoms with E-state index in [2.05, 4.69) is 22.7 Å². The summed E-state index contributed by atoms with van der Waals surface area (Å²) in [5, 5.41) is 10.2. The van der Waals surface area contributed by atoms with Gasteiger partial charge in [-0.3, -0.25) is 4.79 Å². The molecule has 23 heavy (non-hydrogen) atoms. The minimum atomic E-state index is -0.371. The van der Waals surface area contributed by atoms with E-state index in [0.29, 0.717) is 23.5 Å². The first kappa shape index (κ1) is 19.1. The molecule has 0 aliphatic carbocycles. The Labute approximate surface area is 141 Å². The number of rotatable bonds is 7. The fourth-order valence-corrected chi connectivity index (χ4v) is 2.16. The number of halogens is 2.